The highest BCUT2D eigenvalue weighted by atomic mass is 16.6. The van der Waals surface area contributed by atoms with E-state index in [2.05, 4.69) is 5.32 Å². The second kappa shape index (κ2) is 19.8. The van der Waals surface area contributed by atoms with Crippen LogP contribution in [-0.4, -0.2) is 148 Å². The molecule has 4 aliphatic rings. The highest BCUT2D eigenvalue weighted by molar-refractivity contribution is 5.96. The van der Waals surface area contributed by atoms with Crippen molar-refractivity contribution >= 4 is 35.8 Å². The third kappa shape index (κ3) is 9.66. The Morgan fingerprint density at radius 2 is 1.51 bits per heavy atom. The van der Waals surface area contributed by atoms with E-state index < -0.39 is 144 Å². The van der Waals surface area contributed by atoms with Gasteiger partial charge >= 0.3 is 30.0 Å². The molecule has 69 heavy (non-hydrogen) atoms. The van der Waals surface area contributed by atoms with Crippen molar-refractivity contribution in [3.8, 4) is 0 Å². The smallest absolute Gasteiger partial charge is 0.408 e. The monoisotopic (exact) mass is 967 g/mol. The van der Waals surface area contributed by atoms with Crippen LogP contribution < -0.4 is 5.32 Å². The molecule has 0 aromatic heterocycles. The molecule has 1 amide bonds. The summed E-state index contributed by atoms with van der Waals surface area (Å²) in [6, 6.07) is 14.3. The van der Waals surface area contributed by atoms with E-state index in [0.29, 0.717) is 0 Å². The molecule has 19 heteroatoms. The number of alkyl carbamates (subject to hydrolysis) is 1. The Kier molecular flexibility index (Phi) is 15.3. The van der Waals surface area contributed by atoms with Crippen molar-refractivity contribution in [1.82, 2.24) is 5.32 Å². The van der Waals surface area contributed by atoms with Crippen LogP contribution in [0.25, 0.3) is 0 Å². The molecule has 11 atom stereocenters. The van der Waals surface area contributed by atoms with Gasteiger partial charge in [-0.1, -0.05) is 62.4 Å². The van der Waals surface area contributed by atoms with Crippen molar-refractivity contribution < 1.29 is 87.5 Å². The van der Waals surface area contributed by atoms with Crippen LogP contribution in [0.2, 0.25) is 0 Å². The summed E-state index contributed by atoms with van der Waals surface area (Å²) in [6.07, 6.45) is -11.8. The van der Waals surface area contributed by atoms with Gasteiger partial charge in [0.1, 0.15) is 34.9 Å². The Balaban J connectivity index is 1.61. The Morgan fingerprint density at radius 3 is 2.04 bits per heavy atom. The quantitative estimate of drug-likeness (QED) is 0.0850. The summed E-state index contributed by atoms with van der Waals surface area (Å²) in [5.41, 5.74) is -11.0. The largest absolute Gasteiger partial charge is 0.456 e. The van der Waals surface area contributed by atoms with Crippen LogP contribution in [0.3, 0.4) is 0 Å². The summed E-state index contributed by atoms with van der Waals surface area (Å²) >= 11 is 0. The number of amides is 1. The maximum atomic E-state index is 16.2. The Labute approximate surface area is 400 Å². The summed E-state index contributed by atoms with van der Waals surface area (Å²) in [6.45, 7) is 10.0. The molecule has 2 aromatic carbocycles. The molecule has 2 aromatic rings. The van der Waals surface area contributed by atoms with Crippen LogP contribution in [0.4, 0.5) is 4.79 Å². The van der Waals surface area contributed by atoms with E-state index in [9.17, 15) is 49.5 Å². The van der Waals surface area contributed by atoms with Gasteiger partial charge < -0.3 is 64.0 Å². The topological polar surface area (TPSA) is 280 Å². The maximum Gasteiger partial charge on any atom is 0.408 e. The van der Waals surface area contributed by atoms with Crippen molar-refractivity contribution in [2.24, 2.45) is 22.2 Å². The number of ketones is 1. The van der Waals surface area contributed by atoms with Gasteiger partial charge in [-0.15, -0.1) is 0 Å². The lowest BCUT2D eigenvalue weighted by atomic mass is 9.44. The van der Waals surface area contributed by atoms with Crippen LogP contribution in [0.15, 0.2) is 71.8 Å². The molecule has 2 saturated carbocycles. The zero-order chi connectivity index (χ0) is 51.1. The highest BCUT2D eigenvalue weighted by Gasteiger charge is 2.79. The lowest BCUT2D eigenvalue weighted by Crippen LogP contribution is -2.82. The first-order valence-corrected chi connectivity index (χ1v) is 22.9. The number of hydrogen-bond acceptors (Lipinski definition) is 18. The molecule has 2 bridgehead atoms. The minimum atomic E-state index is -2.52. The molecule has 1 heterocycles. The minimum Gasteiger partial charge on any atom is -0.456 e. The third-order valence-corrected chi connectivity index (χ3v) is 14.3. The number of ether oxygens (including phenoxy) is 7. The van der Waals surface area contributed by atoms with Crippen LogP contribution in [0.5, 0.6) is 0 Å². The van der Waals surface area contributed by atoms with E-state index in [1.165, 1.54) is 46.8 Å². The van der Waals surface area contributed by atoms with Crippen LogP contribution in [0.1, 0.15) is 97.1 Å². The Bertz CT molecular complexity index is 2290. The van der Waals surface area contributed by atoms with Crippen molar-refractivity contribution in [3.05, 3.63) is 82.9 Å². The molecule has 378 valence electrons. The summed E-state index contributed by atoms with van der Waals surface area (Å²) in [4.78, 5) is 85.9. The fourth-order valence-corrected chi connectivity index (χ4v) is 10.5. The number of rotatable bonds is 15. The maximum absolute atomic E-state index is 16.2. The molecule has 19 nitrogen and oxygen atoms in total. The number of carbonyl (C=O) groups excluding carboxylic acids is 6. The van der Waals surface area contributed by atoms with Gasteiger partial charge in [-0.05, 0) is 70.4 Å². The van der Waals surface area contributed by atoms with Gasteiger partial charge in [0.2, 0.25) is 0 Å². The first kappa shape index (κ1) is 53.1. The molecule has 1 aliphatic heterocycles. The number of aliphatic hydroxyl groups is 5. The number of aliphatic hydroxyl groups excluding tert-OH is 4. The van der Waals surface area contributed by atoms with Gasteiger partial charge in [0.15, 0.2) is 23.6 Å². The van der Waals surface area contributed by atoms with Crippen molar-refractivity contribution in [1.29, 1.82) is 0 Å². The lowest BCUT2D eigenvalue weighted by molar-refractivity contribution is -0.349. The molecule has 6 rings (SSSR count). The average molecular weight is 968 g/mol. The summed E-state index contributed by atoms with van der Waals surface area (Å²) in [7, 11) is 0. The second-order valence-electron chi connectivity index (χ2n) is 20.4. The minimum absolute atomic E-state index is 0.0261. The number of fused-ring (bicyclic) bond motifs is 5. The Hall–Kier alpha value is -5.28. The number of esters is 4. The molecular weight excluding hydrogens is 903 g/mol. The SMILES string of the molecule is CC(=O)O[C@@]12CO[C@@H]1C[C@H](OCCO)[C@@]1(C)C(=O)[C@H](OC(=O)C(C)(CO)CO)C3=C(C)[C@@H](OC(=O)[C@H](O)[C@@H](NC(=O)OC(C)(C)C)c4ccccc4)C[C@@](O)([C@@H](OC(=O)c4ccccc4)C12)C3(C)C. The normalized spacial score (nSPS) is 30.4. The molecule has 1 unspecified atom stereocenters. The summed E-state index contributed by atoms with van der Waals surface area (Å²) < 4.78 is 42.7. The second-order valence-corrected chi connectivity index (χ2v) is 20.4. The molecular formula is C50H65NO18. The van der Waals surface area contributed by atoms with E-state index in [-0.39, 0.29) is 41.9 Å². The predicted molar refractivity (Wildman–Crippen MR) is 241 cm³/mol. The lowest BCUT2D eigenvalue weighted by Gasteiger charge is -2.67. The van der Waals surface area contributed by atoms with Crippen LogP contribution >= 0.6 is 0 Å². The number of benzene rings is 2. The van der Waals surface area contributed by atoms with Gasteiger partial charge in [0, 0.05) is 25.2 Å². The predicted octanol–water partition coefficient (Wildman–Crippen LogP) is 2.82. The fourth-order valence-electron chi connectivity index (χ4n) is 10.5. The number of hydrogen-bond donors (Lipinski definition) is 6. The van der Waals surface area contributed by atoms with E-state index in [0.717, 1.165) is 6.92 Å². The first-order chi connectivity index (χ1) is 32.3. The van der Waals surface area contributed by atoms with Crippen molar-refractivity contribution in [2.75, 3.05) is 33.0 Å². The third-order valence-electron chi connectivity index (χ3n) is 14.3. The molecule has 0 spiro atoms. The Morgan fingerprint density at radius 1 is 0.899 bits per heavy atom. The number of Topliss-reactive ketones (excluding diaryl/α,β-unsaturated/α-hetero) is 1. The van der Waals surface area contributed by atoms with E-state index in [1.54, 1.807) is 69.3 Å². The first-order valence-electron chi connectivity index (χ1n) is 22.9. The molecule has 6 N–H and O–H groups in total. The van der Waals surface area contributed by atoms with Crippen LogP contribution in [-0.2, 0) is 52.3 Å². The molecule has 3 aliphatic carbocycles. The summed E-state index contributed by atoms with van der Waals surface area (Å²) in [5, 5.41) is 59.1. The van der Waals surface area contributed by atoms with E-state index in [1.807, 2.05) is 0 Å². The molecule has 3 fully saturated rings. The van der Waals surface area contributed by atoms with Gasteiger partial charge in [0.05, 0.1) is 62.1 Å². The molecule has 0 radical (unpaired) electrons. The number of carbonyl (C=O) groups is 6. The van der Waals surface area contributed by atoms with Gasteiger partial charge in [-0.25, -0.2) is 14.4 Å². The summed E-state index contributed by atoms with van der Waals surface area (Å²) in [5.74, 6) is -6.92. The van der Waals surface area contributed by atoms with E-state index >= 15 is 4.79 Å². The average Bonchev–Trinajstić information content (AvgIpc) is 3.29. The molecule has 1 saturated heterocycles. The zero-order valence-electron chi connectivity index (χ0n) is 40.4. The zero-order valence-corrected chi connectivity index (χ0v) is 40.4. The number of nitrogens with one attached hydrogen (secondary N) is 1. The fraction of sp³-hybridized carbons (Fsp3) is 0.600. The van der Waals surface area contributed by atoms with Crippen molar-refractivity contribution in [2.45, 2.75) is 135 Å². The van der Waals surface area contributed by atoms with E-state index in [4.69, 9.17) is 33.2 Å². The highest BCUT2D eigenvalue weighted by Crippen LogP contribution is 2.65. The van der Waals surface area contributed by atoms with Gasteiger partial charge in [-0.2, -0.15) is 0 Å². The van der Waals surface area contributed by atoms with Gasteiger partial charge in [-0.3, -0.25) is 14.4 Å². The van der Waals surface area contributed by atoms with Crippen LogP contribution in [0, 0.1) is 22.2 Å². The standard InChI is InChI=1S/C50H65NO18/c1-27-31(65-42(59)36(56)35(29-16-12-10-13-17-29)51-44(61)69-45(3,4)5)23-50(62)40(67-41(58)30-18-14-11-15-19-30)38-48(9,32(63-21-20-52)22-33-49(38,26-64-33)68-28(2)55)39(57)37(34(27)46(50,6)7)66-43(60)47(8,24-53)25-54/h10-19,31-33,35-38,40,52-54,56,62H,20-26H2,1-9H3,(H,51,61)/t31-,32-,33+,35-,36+,37+,38?,40-,48+,49-,50+/m0/s1. The van der Waals surface area contributed by atoms with Crippen molar-refractivity contribution in [3.63, 3.8) is 0 Å². The van der Waals surface area contributed by atoms with Gasteiger partial charge in [0.25, 0.3) is 0 Å².